The minimum atomic E-state index is -1.17. The van der Waals surface area contributed by atoms with Crippen LogP contribution in [-0.2, 0) is 22.4 Å². The summed E-state index contributed by atoms with van der Waals surface area (Å²) < 4.78 is 6.24. The van der Waals surface area contributed by atoms with Crippen LogP contribution in [0.2, 0.25) is 0 Å². The lowest BCUT2D eigenvalue weighted by atomic mass is 9.84. The van der Waals surface area contributed by atoms with Gasteiger partial charge in [-0.05, 0) is 60.4 Å². The van der Waals surface area contributed by atoms with Crippen LogP contribution in [0, 0.1) is 0 Å². The van der Waals surface area contributed by atoms with Crippen LogP contribution in [0.4, 0.5) is 10.5 Å². The molecule has 1 aliphatic heterocycles. The van der Waals surface area contributed by atoms with E-state index in [1.165, 1.54) is 12.6 Å². The molecule has 5 rings (SSSR count). The number of amides is 2. The summed E-state index contributed by atoms with van der Waals surface area (Å²) in [6.45, 7) is 1.49. The smallest absolute Gasteiger partial charge is 0.407 e. The number of ether oxygens (including phenoxy) is 1. The number of nitrogens with one attached hydrogen (secondary N) is 2. The van der Waals surface area contributed by atoms with Crippen molar-refractivity contribution < 1.29 is 19.4 Å². The van der Waals surface area contributed by atoms with E-state index in [4.69, 9.17) is 4.74 Å². The van der Waals surface area contributed by atoms with Gasteiger partial charge in [-0.15, -0.1) is 0 Å². The van der Waals surface area contributed by atoms with Gasteiger partial charge in [0, 0.05) is 31.2 Å². The van der Waals surface area contributed by atoms with E-state index in [1.54, 1.807) is 0 Å². The van der Waals surface area contributed by atoms with Gasteiger partial charge in [0.25, 0.3) is 0 Å². The average molecular weight is 606 g/mol. The van der Waals surface area contributed by atoms with Gasteiger partial charge >= 0.3 is 6.09 Å². The lowest BCUT2D eigenvalue weighted by molar-refractivity contribution is -0.120. The normalized spacial score (nSPS) is 17.0. The van der Waals surface area contributed by atoms with E-state index in [-0.39, 0.29) is 12.0 Å². The zero-order valence-corrected chi connectivity index (χ0v) is 25.8. The van der Waals surface area contributed by atoms with Crippen molar-refractivity contribution in [2.24, 2.45) is 0 Å². The maximum Gasteiger partial charge on any atom is 0.407 e. The lowest BCUT2D eigenvalue weighted by Crippen LogP contribution is -2.48. The zero-order valence-electron chi connectivity index (χ0n) is 25.8. The number of para-hydroxylation sites is 1. The minimum absolute atomic E-state index is 0.0885. The number of carboxylic acid groups (broad SMARTS) is 1. The lowest BCUT2D eigenvalue weighted by Gasteiger charge is -2.33. The Hall–Kier alpha value is -4.46. The molecule has 4 aromatic carbocycles. The van der Waals surface area contributed by atoms with Crippen LogP contribution < -0.4 is 10.6 Å². The Morgan fingerprint density at radius 2 is 1.44 bits per heavy atom. The van der Waals surface area contributed by atoms with Crippen molar-refractivity contribution in [1.82, 2.24) is 10.2 Å². The van der Waals surface area contributed by atoms with E-state index in [9.17, 15) is 14.7 Å². The summed E-state index contributed by atoms with van der Waals surface area (Å²) in [5.41, 5.74) is 4.78. The molecule has 2 amide bonds. The third-order valence-corrected chi connectivity index (χ3v) is 8.66. The highest BCUT2D eigenvalue weighted by Crippen LogP contribution is 2.32. The highest BCUT2D eigenvalue weighted by molar-refractivity contribution is 5.98. The molecule has 4 aromatic rings. The van der Waals surface area contributed by atoms with Gasteiger partial charge < -0.3 is 20.5 Å². The van der Waals surface area contributed by atoms with Gasteiger partial charge in [-0.3, -0.25) is 9.69 Å². The Morgan fingerprint density at radius 1 is 0.844 bits per heavy atom. The molecule has 1 saturated heterocycles. The summed E-state index contributed by atoms with van der Waals surface area (Å²) in [5.74, 6) is -0.873. The predicted molar refractivity (Wildman–Crippen MR) is 179 cm³/mol. The summed E-state index contributed by atoms with van der Waals surface area (Å²) in [6.07, 6.45) is 3.73. The second-order valence-electron chi connectivity index (χ2n) is 11.8. The molecule has 45 heavy (non-hydrogen) atoms. The second kappa shape index (κ2) is 16.0. The van der Waals surface area contributed by atoms with Crippen LogP contribution in [-0.4, -0.2) is 60.4 Å². The number of morpholine rings is 1. The van der Waals surface area contributed by atoms with Crippen molar-refractivity contribution >= 4 is 17.7 Å². The minimum Gasteiger partial charge on any atom is -0.465 e. The average Bonchev–Trinajstić information content (AvgIpc) is 3.08. The molecule has 3 atom stereocenters. The number of likely N-dealkylation sites (N-methyl/N-ethyl adjacent to an activating group) is 1. The number of aryl methyl sites for hydroxylation is 2. The summed E-state index contributed by atoms with van der Waals surface area (Å²) >= 11 is 0. The fourth-order valence-corrected chi connectivity index (χ4v) is 6.17. The Bertz CT molecular complexity index is 1450. The van der Waals surface area contributed by atoms with Crippen molar-refractivity contribution in [3.8, 4) is 0 Å². The van der Waals surface area contributed by atoms with Crippen LogP contribution in [0.5, 0.6) is 0 Å². The van der Waals surface area contributed by atoms with E-state index >= 15 is 0 Å². The van der Waals surface area contributed by atoms with E-state index in [0.717, 1.165) is 60.2 Å². The molecular formula is C38H43N3O4. The molecule has 234 valence electrons. The first-order valence-corrected chi connectivity index (χ1v) is 15.8. The standard InChI is InChI=1S/C38H43N3O4/c1-41(38(43)44)36(35(30-18-7-3-8-19-30)31-20-9-4-10-21-31)37(42)40-34-23-12-11-17-29(34)24-25-33-26-39-32(27-45-33)22-13-16-28-14-5-2-6-15-28/h2-12,14-15,17-21,23,32-33,35-36,39H,13,16,22,24-27H2,1H3,(H,40,42)(H,43,44)/t32-,33-,36+/m1/s1. The molecule has 7 heteroatoms. The fraction of sp³-hybridized carbons (Fsp3) is 0.316. The maximum absolute atomic E-state index is 14.1. The maximum atomic E-state index is 14.1. The zero-order chi connectivity index (χ0) is 31.4. The number of hydrogen-bond acceptors (Lipinski definition) is 4. The van der Waals surface area contributed by atoms with Crippen molar-refractivity contribution in [2.75, 3.05) is 25.5 Å². The molecule has 0 unspecified atom stereocenters. The van der Waals surface area contributed by atoms with Gasteiger partial charge in [-0.25, -0.2) is 4.79 Å². The summed E-state index contributed by atoms with van der Waals surface area (Å²) in [5, 5.41) is 16.8. The van der Waals surface area contributed by atoms with Crippen LogP contribution in [0.3, 0.4) is 0 Å². The summed E-state index contributed by atoms with van der Waals surface area (Å²) in [7, 11) is 1.46. The molecule has 1 aliphatic rings. The molecule has 1 heterocycles. The van der Waals surface area contributed by atoms with E-state index in [2.05, 4.69) is 41.0 Å². The van der Waals surface area contributed by atoms with Gasteiger partial charge in [0.15, 0.2) is 0 Å². The topological polar surface area (TPSA) is 90.9 Å². The Balaban J connectivity index is 1.23. The molecule has 0 bridgehead atoms. The third-order valence-electron chi connectivity index (χ3n) is 8.66. The molecule has 0 radical (unpaired) electrons. The van der Waals surface area contributed by atoms with Gasteiger partial charge in [0.05, 0.1) is 12.7 Å². The van der Waals surface area contributed by atoms with Crippen LogP contribution >= 0.6 is 0 Å². The van der Waals surface area contributed by atoms with Crippen molar-refractivity contribution in [3.05, 3.63) is 138 Å². The number of anilines is 1. The number of carbonyl (C=O) groups excluding carboxylic acids is 1. The molecule has 0 spiro atoms. The van der Waals surface area contributed by atoms with Crippen LogP contribution in [0.15, 0.2) is 115 Å². The molecule has 7 nitrogen and oxygen atoms in total. The van der Waals surface area contributed by atoms with E-state index < -0.39 is 18.1 Å². The highest BCUT2D eigenvalue weighted by atomic mass is 16.5. The SMILES string of the molecule is CN(C(=O)O)[C@H](C(=O)Nc1ccccc1CC[C@@H]1CN[C@H](CCCc2ccccc2)CO1)C(c1ccccc1)c1ccccc1. The molecule has 1 fully saturated rings. The number of hydrogen-bond donors (Lipinski definition) is 3. The monoisotopic (exact) mass is 605 g/mol. The van der Waals surface area contributed by atoms with Crippen molar-refractivity contribution in [2.45, 2.75) is 56.2 Å². The van der Waals surface area contributed by atoms with Crippen molar-refractivity contribution in [1.29, 1.82) is 0 Å². The molecule has 0 aliphatic carbocycles. The molecule has 3 N–H and O–H groups in total. The number of benzene rings is 4. The Labute approximate surface area is 266 Å². The molecule has 0 aromatic heterocycles. The predicted octanol–water partition coefficient (Wildman–Crippen LogP) is 6.75. The fourth-order valence-electron chi connectivity index (χ4n) is 6.17. The number of nitrogens with zero attached hydrogens (tertiary/aromatic N) is 1. The Kier molecular flexibility index (Phi) is 11.4. The largest absolute Gasteiger partial charge is 0.465 e. The van der Waals surface area contributed by atoms with E-state index in [0.29, 0.717) is 18.3 Å². The summed E-state index contributed by atoms with van der Waals surface area (Å²) in [6, 6.07) is 36.9. The number of carbonyl (C=O) groups is 2. The van der Waals surface area contributed by atoms with Gasteiger partial charge in [-0.2, -0.15) is 0 Å². The van der Waals surface area contributed by atoms with Gasteiger partial charge in [-0.1, -0.05) is 109 Å². The quantitative estimate of drug-likeness (QED) is 0.157. The van der Waals surface area contributed by atoms with Gasteiger partial charge in [0.1, 0.15) is 6.04 Å². The first-order chi connectivity index (χ1) is 22.0. The first-order valence-electron chi connectivity index (χ1n) is 15.8. The van der Waals surface area contributed by atoms with Crippen LogP contribution in [0.1, 0.15) is 47.4 Å². The second-order valence-corrected chi connectivity index (χ2v) is 11.8. The highest BCUT2D eigenvalue weighted by Gasteiger charge is 2.37. The summed E-state index contributed by atoms with van der Waals surface area (Å²) in [4.78, 5) is 27.5. The molecule has 0 saturated carbocycles. The first kappa shape index (κ1) is 31.9. The number of rotatable bonds is 13. The third kappa shape index (κ3) is 8.81. The van der Waals surface area contributed by atoms with E-state index in [1.807, 2.05) is 84.9 Å². The Morgan fingerprint density at radius 3 is 2.04 bits per heavy atom. The van der Waals surface area contributed by atoms with Crippen molar-refractivity contribution in [3.63, 3.8) is 0 Å². The molecular weight excluding hydrogens is 562 g/mol. The van der Waals surface area contributed by atoms with Crippen LogP contribution in [0.25, 0.3) is 0 Å². The van der Waals surface area contributed by atoms with Gasteiger partial charge in [0.2, 0.25) is 5.91 Å².